The topological polar surface area (TPSA) is 76.7 Å². The fraction of sp³-hybridized carbons (Fsp3) is 0.556. The third kappa shape index (κ3) is 2.42. The zero-order valence-corrected chi connectivity index (χ0v) is 10.0. The van der Waals surface area contributed by atoms with Gasteiger partial charge in [0.25, 0.3) is 5.89 Å². The van der Waals surface area contributed by atoms with Crippen LogP contribution >= 0.6 is 11.5 Å². The Kier molecular flexibility index (Phi) is 3.58. The molecular weight excluding hydrogens is 226 g/mol. The summed E-state index contributed by atoms with van der Waals surface area (Å²) in [6.07, 6.45) is 1.08. The molecule has 2 heterocycles. The summed E-state index contributed by atoms with van der Waals surface area (Å²) in [5.74, 6) is 1.09. The molecule has 16 heavy (non-hydrogen) atoms. The van der Waals surface area contributed by atoms with Gasteiger partial charge in [0.2, 0.25) is 5.89 Å². The largest absolute Gasteiger partial charge is 0.418 e. The standard InChI is InChI=1S/C9H13N5OS/c1-3-4-10-5-7-12-13-9(15-7)8-6(2)11-14-16-8/h10H,3-5H2,1-2H3. The first-order chi connectivity index (χ1) is 7.81. The lowest BCUT2D eigenvalue weighted by Gasteiger charge is -1.96. The molecule has 0 fully saturated rings. The van der Waals surface area contributed by atoms with Crippen LogP contribution in [0.15, 0.2) is 4.42 Å². The molecule has 0 aliphatic rings. The normalized spacial score (nSPS) is 10.9. The molecule has 6 nitrogen and oxygen atoms in total. The van der Waals surface area contributed by atoms with E-state index in [1.165, 1.54) is 11.5 Å². The van der Waals surface area contributed by atoms with Gasteiger partial charge in [0.15, 0.2) is 0 Å². The van der Waals surface area contributed by atoms with Crippen molar-refractivity contribution in [3.05, 3.63) is 11.6 Å². The second kappa shape index (κ2) is 5.13. The maximum atomic E-state index is 5.50. The molecule has 0 spiro atoms. The molecule has 0 atom stereocenters. The van der Waals surface area contributed by atoms with E-state index in [0.717, 1.165) is 23.5 Å². The molecule has 0 aromatic carbocycles. The predicted octanol–water partition coefficient (Wildman–Crippen LogP) is 1.40. The van der Waals surface area contributed by atoms with E-state index in [-0.39, 0.29) is 0 Å². The minimum Gasteiger partial charge on any atom is -0.418 e. The summed E-state index contributed by atoms with van der Waals surface area (Å²) in [4.78, 5) is 0.842. The average molecular weight is 239 g/mol. The summed E-state index contributed by atoms with van der Waals surface area (Å²) in [5, 5.41) is 15.0. The first kappa shape index (κ1) is 11.2. The van der Waals surface area contributed by atoms with Gasteiger partial charge in [0.1, 0.15) is 4.88 Å². The van der Waals surface area contributed by atoms with Crippen molar-refractivity contribution in [1.29, 1.82) is 0 Å². The smallest absolute Gasteiger partial charge is 0.261 e. The Morgan fingerprint density at radius 1 is 1.31 bits per heavy atom. The van der Waals surface area contributed by atoms with Gasteiger partial charge in [-0.05, 0) is 31.4 Å². The Morgan fingerprint density at radius 3 is 2.88 bits per heavy atom. The van der Waals surface area contributed by atoms with Gasteiger partial charge in [-0.1, -0.05) is 11.4 Å². The molecule has 0 saturated carbocycles. The number of rotatable bonds is 5. The van der Waals surface area contributed by atoms with E-state index in [4.69, 9.17) is 4.42 Å². The fourth-order valence-corrected chi connectivity index (χ4v) is 1.80. The number of hydrogen-bond acceptors (Lipinski definition) is 7. The zero-order valence-electron chi connectivity index (χ0n) is 9.23. The molecule has 1 N–H and O–H groups in total. The van der Waals surface area contributed by atoms with E-state index >= 15 is 0 Å². The van der Waals surface area contributed by atoms with E-state index in [9.17, 15) is 0 Å². The Hall–Kier alpha value is -1.34. The molecule has 0 amide bonds. The van der Waals surface area contributed by atoms with Gasteiger partial charge >= 0.3 is 0 Å². The van der Waals surface area contributed by atoms with Crippen LogP contribution in [0, 0.1) is 6.92 Å². The van der Waals surface area contributed by atoms with E-state index in [1.54, 1.807) is 0 Å². The van der Waals surface area contributed by atoms with Crippen molar-refractivity contribution in [3.63, 3.8) is 0 Å². The molecule has 0 aliphatic carbocycles. The monoisotopic (exact) mass is 239 g/mol. The van der Waals surface area contributed by atoms with Crippen molar-refractivity contribution < 1.29 is 4.42 Å². The number of aryl methyl sites for hydroxylation is 1. The molecule has 0 aliphatic heterocycles. The fourth-order valence-electron chi connectivity index (χ4n) is 1.22. The quantitative estimate of drug-likeness (QED) is 0.795. The van der Waals surface area contributed by atoms with E-state index in [2.05, 4.69) is 32.0 Å². The minimum absolute atomic E-state index is 0.501. The Morgan fingerprint density at radius 2 is 2.19 bits per heavy atom. The van der Waals surface area contributed by atoms with E-state index in [1.807, 2.05) is 6.92 Å². The second-order valence-corrected chi connectivity index (χ2v) is 4.12. The van der Waals surface area contributed by atoms with Crippen LogP contribution in [0.3, 0.4) is 0 Å². The van der Waals surface area contributed by atoms with Crippen LogP contribution in [0.2, 0.25) is 0 Å². The molecule has 86 valence electrons. The van der Waals surface area contributed by atoms with Gasteiger partial charge in [0, 0.05) is 0 Å². The van der Waals surface area contributed by atoms with Crippen LogP contribution in [0.25, 0.3) is 10.8 Å². The molecule has 0 unspecified atom stereocenters. The van der Waals surface area contributed by atoms with Crippen molar-refractivity contribution in [1.82, 2.24) is 25.1 Å². The van der Waals surface area contributed by atoms with Crippen LogP contribution in [0.5, 0.6) is 0 Å². The molecule has 2 aromatic rings. The summed E-state index contributed by atoms with van der Waals surface area (Å²) in [6, 6.07) is 0. The van der Waals surface area contributed by atoms with Crippen molar-refractivity contribution in [2.75, 3.05) is 6.54 Å². The number of aromatic nitrogens is 4. The van der Waals surface area contributed by atoms with Crippen LogP contribution in [-0.2, 0) is 6.54 Å². The van der Waals surface area contributed by atoms with Crippen LogP contribution in [0.1, 0.15) is 24.9 Å². The highest BCUT2D eigenvalue weighted by atomic mass is 32.1. The van der Waals surface area contributed by atoms with E-state index in [0.29, 0.717) is 18.3 Å². The molecule has 2 aromatic heterocycles. The number of nitrogens with zero attached hydrogens (tertiary/aromatic N) is 4. The number of nitrogens with one attached hydrogen (secondary N) is 1. The highest BCUT2D eigenvalue weighted by Gasteiger charge is 2.13. The van der Waals surface area contributed by atoms with Crippen LogP contribution in [0.4, 0.5) is 0 Å². The third-order valence-electron chi connectivity index (χ3n) is 2.02. The van der Waals surface area contributed by atoms with Gasteiger partial charge < -0.3 is 9.73 Å². The van der Waals surface area contributed by atoms with Crippen molar-refractivity contribution in [2.24, 2.45) is 0 Å². The zero-order chi connectivity index (χ0) is 11.4. The highest BCUT2D eigenvalue weighted by Crippen LogP contribution is 2.23. The molecular formula is C9H13N5OS. The lowest BCUT2D eigenvalue weighted by atomic mass is 10.4. The van der Waals surface area contributed by atoms with E-state index < -0.39 is 0 Å². The molecule has 2 rings (SSSR count). The predicted molar refractivity (Wildman–Crippen MR) is 59.9 cm³/mol. The molecule has 0 saturated heterocycles. The van der Waals surface area contributed by atoms with Gasteiger partial charge in [-0.2, -0.15) is 0 Å². The maximum Gasteiger partial charge on any atom is 0.261 e. The van der Waals surface area contributed by atoms with Crippen molar-refractivity contribution in [3.8, 4) is 10.8 Å². The van der Waals surface area contributed by atoms with Crippen LogP contribution < -0.4 is 5.32 Å². The summed E-state index contributed by atoms with van der Waals surface area (Å²) in [7, 11) is 0. The lowest BCUT2D eigenvalue weighted by molar-refractivity contribution is 0.478. The average Bonchev–Trinajstić information content (AvgIpc) is 2.87. The van der Waals surface area contributed by atoms with Crippen molar-refractivity contribution in [2.45, 2.75) is 26.8 Å². The van der Waals surface area contributed by atoms with Gasteiger partial charge in [-0.15, -0.1) is 15.3 Å². The van der Waals surface area contributed by atoms with Gasteiger partial charge in [-0.25, -0.2) is 0 Å². The number of hydrogen-bond donors (Lipinski definition) is 1. The Labute approximate surface area is 97.3 Å². The Balaban J connectivity index is 2.05. The van der Waals surface area contributed by atoms with Crippen molar-refractivity contribution >= 4 is 11.5 Å². The van der Waals surface area contributed by atoms with Crippen LogP contribution in [-0.4, -0.2) is 26.3 Å². The lowest BCUT2D eigenvalue weighted by Crippen LogP contribution is -2.13. The molecule has 0 radical (unpaired) electrons. The minimum atomic E-state index is 0.501. The molecule has 0 bridgehead atoms. The highest BCUT2D eigenvalue weighted by molar-refractivity contribution is 7.09. The summed E-state index contributed by atoms with van der Waals surface area (Å²) >= 11 is 1.27. The second-order valence-electron chi connectivity index (χ2n) is 3.37. The van der Waals surface area contributed by atoms with Gasteiger partial charge in [0.05, 0.1) is 12.2 Å². The summed E-state index contributed by atoms with van der Waals surface area (Å²) in [5.41, 5.74) is 0.821. The summed E-state index contributed by atoms with van der Waals surface area (Å²) in [6.45, 7) is 5.53. The third-order valence-corrected chi connectivity index (χ3v) is 2.83. The maximum absolute atomic E-state index is 5.50. The first-order valence-corrected chi connectivity index (χ1v) is 5.91. The Bertz CT molecular complexity index is 452. The first-order valence-electron chi connectivity index (χ1n) is 5.13. The SMILES string of the molecule is CCCNCc1nnc(-c2snnc2C)o1. The molecule has 7 heteroatoms. The summed E-state index contributed by atoms with van der Waals surface area (Å²) < 4.78 is 9.33. The van der Waals surface area contributed by atoms with Gasteiger partial charge in [-0.3, -0.25) is 0 Å².